The highest BCUT2D eigenvalue weighted by Crippen LogP contribution is 2.46. The van der Waals surface area contributed by atoms with E-state index in [0.29, 0.717) is 59.7 Å². The number of carbonyl (C=O) groups is 2. The zero-order valence-corrected chi connectivity index (χ0v) is 23.1. The maximum atomic E-state index is 13.4. The first-order chi connectivity index (χ1) is 18.2. The van der Waals surface area contributed by atoms with Crippen LogP contribution in [0.25, 0.3) is 5.76 Å². The summed E-state index contributed by atoms with van der Waals surface area (Å²) in [6.45, 7) is 7.20. The van der Waals surface area contributed by atoms with Gasteiger partial charge in [-0.2, -0.15) is 0 Å². The normalized spacial score (nSPS) is 16.7. The molecule has 0 aromatic heterocycles. The number of likely N-dealkylation sites (tertiary alicyclic amines) is 1. The molecule has 0 bridgehead atoms. The van der Waals surface area contributed by atoms with Crippen LogP contribution in [0.1, 0.15) is 43.0 Å². The number of ether oxygens (including phenoxy) is 5. The fourth-order valence-corrected chi connectivity index (χ4v) is 4.47. The molecule has 206 valence electrons. The van der Waals surface area contributed by atoms with Crippen molar-refractivity contribution in [2.45, 2.75) is 33.2 Å². The number of methoxy groups -OCH3 is 4. The second-order valence-corrected chi connectivity index (χ2v) is 9.48. The molecular formula is C29H37NO8. The van der Waals surface area contributed by atoms with Crippen molar-refractivity contribution in [3.05, 3.63) is 52.6 Å². The number of hydrogen-bond donors (Lipinski definition) is 1. The van der Waals surface area contributed by atoms with Crippen LogP contribution in [-0.4, -0.2) is 69.9 Å². The van der Waals surface area contributed by atoms with Gasteiger partial charge in [0.05, 0.1) is 39.6 Å². The van der Waals surface area contributed by atoms with Gasteiger partial charge in [0, 0.05) is 25.8 Å². The molecule has 9 nitrogen and oxygen atoms in total. The molecule has 1 fully saturated rings. The van der Waals surface area contributed by atoms with Crippen molar-refractivity contribution < 1.29 is 38.4 Å². The molecule has 1 saturated heterocycles. The van der Waals surface area contributed by atoms with Gasteiger partial charge in [-0.15, -0.1) is 0 Å². The predicted octanol–water partition coefficient (Wildman–Crippen LogP) is 4.51. The van der Waals surface area contributed by atoms with Gasteiger partial charge in [0.15, 0.2) is 11.5 Å². The summed E-state index contributed by atoms with van der Waals surface area (Å²) < 4.78 is 27.5. The first-order valence-electron chi connectivity index (χ1n) is 12.5. The Balaban J connectivity index is 2.17. The van der Waals surface area contributed by atoms with Gasteiger partial charge in [0.1, 0.15) is 11.5 Å². The Hall–Kier alpha value is -3.72. The largest absolute Gasteiger partial charge is 0.507 e. The SMILES string of the molecule is COCCCN1C(=O)C(=O)C(=C(O)c2ccc(OCC(C)C)c(C)c2)[C@H]1c1cc(OC)c(OC)c(OC)c1. The quantitative estimate of drug-likeness (QED) is 0.186. The number of benzene rings is 2. The topological polar surface area (TPSA) is 104 Å². The van der Waals surface area contributed by atoms with E-state index in [4.69, 9.17) is 23.7 Å². The van der Waals surface area contributed by atoms with Gasteiger partial charge < -0.3 is 33.7 Å². The number of rotatable bonds is 12. The summed E-state index contributed by atoms with van der Waals surface area (Å²) in [6, 6.07) is 7.68. The highest BCUT2D eigenvalue weighted by molar-refractivity contribution is 6.46. The Morgan fingerprint density at radius 2 is 1.63 bits per heavy atom. The fourth-order valence-electron chi connectivity index (χ4n) is 4.47. The van der Waals surface area contributed by atoms with Gasteiger partial charge in [0.25, 0.3) is 11.7 Å². The molecule has 1 amide bonds. The summed E-state index contributed by atoms with van der Waals surface area (Å²) >= 11 is 0. The summed E-state index contributed by atoms with van der Waals surface area (Å²) in [4.78, 5) is 28.0. The molecule has 3 rings (SSSR count). The van der Waals surface area contributed by atoms with E-state index < -0.39 is 17.7 Å². The van der Waals surface area contributed by atoms with E-state index in [1.807, 2.05) is 6.92 Å². The molecular weight excluding hydrogens is 490 g/mol. The van der Waals surface area contributed by atoms with E-state index in [9.17, 15) is 14.7 Å². The highest BCUT2D eigenvalue weighted by Gasteiger charge is 2.46. The number of amides is 1. The van der Waals surface area contributed by atoms with Crippen LogP contribution in [-0.2, 0) is 14.3 Å². The second-order valence-electron chi connectivity index (χ2n) is 9.48. The maximum absolute atomic E-state index is 13.4. The number of ketones is 1. The van der Waals surface area contributed by atoms with Crippen molar-refractivity contribution >= 4 is 17.4 Å². The summed E-state index contributed by atoms with van der Waals surface area (Å²) in [7, 11) is 6.04. The highest BCUT2D eigenvalue weighted by atomic mass is 16.5. The minimum atomic E-state index is -0.877. The summed E-state index contributed by atoms with van der Waals surface area (Å²) in [5.41, 5.74) is 1.73. The van der Waals surface area contributed by atoms with E-state index in [1.54, 1.807) is 37.4 Å². The third-order valence-electron chi connectivity index (χ3n) is 6.31. The lowest BCUT2D eigenvalue weighted by atomic mass is 9.94. The zero-order chi connectivity index (χ0) is 28.0. The standard InChI is InChI=1S/C29H37NO8/c1-17(2)16-38-21-10-9-19(13-18(21)3)26(31)24-25(30(11-8-12-34-4)29(33)27(24)32)20-14-22(35-5)28(37-7)23(15-20)36-6/h9-10,13-15,17,25,31H,8,11-12,16H2,1-7H3/t25-/m1/s1. The molecule has 1 aliphatic rings. The van der Waals surface area contributed by atoms with Crippen molar-refractivity contribution in [2.75, 3.05) is 48.2 Å². The minimum Gasteiger partial charge on any atom is -0.507 e. The minimum absolute atomic E-state index is 0.0167. The molecule has 38 heavy (non-hydrogen) atoms. The van der Waals surface area contributed by atoms with Crippen LogP contribution < -0.4 is 18.9 Å². The van der Waals surface area contributed by atoms with Gasteiger partial charge in [0.2, 0.25) is 5.75 Å². The molecule has 2 aromatic carbocycles. The lowest BCUT2D eigenvalue weighted by molar-refractivity contribution is -0.140. The molecule has 1 aliphatic heterocycles. The molecule has 2 aromatic rings. The van der Waals surface area contributed by atoms with E-state index in [1.165, 1.54) is 26.2 Å². The van der Waals surface area contributed by atoms with Gasteiger partial charge in [-0.05, 0) is 60.7 Å². The van der Waals surface area contributed by atoms with Crippen LogP contribution in [0.3, 0.4) is 0 Å². The fraction of sp³-hybridized carbons (Fsp3) is 0.448. The van der Waals surface area contributed by atoms with E-state index in [2.05, 4.69) is 13.8 Å². The van der Waals surface area contributed by atoms with Crippen molar-refractivity contribution in [3.63, 3.8) is 0 Å². The molecule has 1 N–H and O–H groups in total. The summed E-state index contributed by atoms with van der Waals surface area (Å²) in [5, 5.41) is 11.4. The van der Waals surface area contributed by atoms with Gasteiger partial charge in [-0.1, -0.05) is 13.8 Å². The zero-order valence-electron chi connectivity index (χ0n) is 23.1. The Morgan fingerprint density at radius 1 is 0.974 bits per heavy atom. The van der Waals surface area contributed by atoms with E-state index >= 15 is 0 Å². The van der Waals surface area contributed by atoms with Crippen LogP contribution in [0.2, 0.25) is 0 Å². The molecule has 1 atom stereocenters. The molecule has 9 heteroatoms. The van der Waals surface area contributed by atoms with Crippen molar-refractivity contribution in [3.8, 4) is 23.0 Å². The molecule has 0 saturated carbocycles. The Kier molecular flexibility index (Phi) is 9.63. The second kappa shape index (κ2) is 12.7. The third-order valence-corrected chi connectivity index (χ3v) is 6.31. The number of aliphatic hydroxyl groups excluding tert-OH is 1. The first-order valence-corrected chi connectivity index (χ1v) is 12.5. The molecule has 0 unspecified atom stereocenters. The van der Waals surface area contributed by atoms with Crippen molar-refractivity contribution in [1.82, 2.24) is 4.90 Å². The Morgan fingerprint density at radius 3 is 2.16 bits per heavy atom. The average Bonchev–Trinajstić information content (AvgIpc) is 3.16. The number of hydrogen-bond acceptors (Lipinski definition) is 8. The van der Waals surface area contributed by atoms with E-state index in [0.717, 1.165) is 5.56 Å². The van der Waals surface area contributed by atoms with Crippen LogP contribution in [0.4, 0.5) is 0 Å². The summed E-state index contributed by atoms with van der Waals surface area (Å²) in [6.07, 6.45) is 0.505. The first kappa shape index (κ1) is 28.8. The van der Waals surface area contributed by atoms with Gasteiger partial charge >= 0.3 is 0 Å². The van der Waals surface area contributed by atoms with Crippen LogP contribution in [0, 0.1) is 12.8 Å². The van der Waals surface area contributed by atoms with Crippen LogP contribution in [0.15, 0.2) is 35.9 Å². The number of nitrogens with zero attached hydrogens (tertiary/aromatic N) is 1. The Bertz CT molecular complexity index is 1180. The number of Topliss-reactive ketones (excluding diaryl/α,β-unsaturated/α-hetero) is 1. The number of aliphatic hydroxyl groups is 1. The van der Waals surface area contributed by atoms with Gasteiger partial charge in [-0.3, -0.25) is 9.59 Å². The molecule has 0 spiro atoms. The van der Waals surface area contributed by atoms with Crippen LogP contribution >= 0.6 is 0 Å². The summed E-state index contributed by atoms with van der Waals surface area (Å²) in [5.74, 6) is 0.425. The van der Waals surface area contributed by atoms with Crippen molar-refractivity contribution in [2.24, 2.45) is 5.92 Å². The monoisotopic (exact) mass is 527 g/mol. The predicted molar refractivity (Wildman–Crippen MR) is 143 cm³/mol. The molecule has 0 aliphatic carbocycles. The lowest BCUT2D eigenvalue weighted by Gasteiger charge is -2.26. The number of aryl methyl sites for hydroxylation is 1. The average molecular weight is 528 g/mol. The van der Waals surface area contributed by atoms with E-state index in [-0.39, 0.29) is 17.9 Å². The molecule has 1 heterocycles. The van der Waals surface area contributed by atoms with Gasteiger partial charge in [-0.25, -0.2) is 0 Å². The maximum Gasteiger partial charge on any atom is 0.295 e. The molecule has 0 radical (unpaired) electrons. The van der Waals surface area contributed by atoms with Crippen LogP contribution in [0.5, 0.6) is 23.0 Å². The van der Waals surface area contributed by atoms with Crippen molar-refractivity contribution in [1.29, 1.82) is 0 Å². The third kappa shape index (κ3) is 5.88. The lowest BCUT2D eigenvalue weighted by Crippen LogP contribution is -2.31. The Labute approximate surface area is 223 Å². The number of carbonyl (C=O) groups excluding carboxylic acids is 2. The smallest absolute Gasteiger partial charge is 0.295 e.